The van der Waals surface area contributed by atoms with E-state index in [0.29, 0.717) is 5.56 Å². The standard InChI is InChI=1S/C10H8FNO3/c11-9-5(4-12)1-2-7-6(9)3-8(15-7)10(13)14/h1-3H,4,12H2,(H,13,14). The van der Waals surface area contributed by atoms with Gasteiger partial charge in [-0.2, -0.15) is 0 Å². The second-order valence-corrected chi connectivity index (χ2v) is 3.07. The fourth-order valence-corrected chi connectivity index (χ4v) is 1.39. The molecule has 1 aromatic heterocycles. The summed E-state index contributed by atoms with van der Waals surface area (Å²) in [5.74, 6) is -2.02. The minimum absolute atomic E-state index is 0.0648. The number of benzene rings is 1. The summed E-state index contributed by atoms with van der Waals surface area (Å²) >= 11 is 0. The van der Waals surface area contributed by atoms with Crippen molar-refractivity contribution < 1.29 is 18.7 Å². The Hall–Kier alpha value is -1.88. The van der Waals surface area contributed by atoms with Crippen molar-refractivity contribution in [1.82, 2.24) is 0 Å². The fraction of sp³-hybridized carbons (Fsp3) is 0.100. The van der Waals surface area contributed by atoms with E-state index >= 15 is 0 Å². The highest BCUT2D eigenvalue weighted by Crippen LogP contribution is 2.24. The molecule has 0 bridgehead atoms. The van der Waals surface area contributed by atoms with Crippen LogP contribution < -0.4 is 5.73 Å². The van der Waals surface area contributed by atoms with Gasteiger partial charge in [0.05, 0.1) is 5.39 Å². The highest BCUT2D eigenvalue weighted by Gasteiger charge is 2.14. The molecule has 0 aliphatic rings. The Balaban J connectivity index is 2.71. The number of furan rings is 1. The van der Waals surface area contributed by atoms with Crippen molar-refractivity contribution in [3.05, 3.63) is 35.3 Å². The summed E-state index contributed by atoms with van der Waals surface area (Å²) in [6, 6.07) is 4.14. The van der Waals surface area contributed by atoms with Gasteiger partial charge in [0.1, 0.15) is 11.4 Å². The summed E-state index contributed by atoms with van der Waals surface area (Å²) in [6.45, 7) is 0.0648. The lowest BCUT2D eigenvalue weighted by atomic mass is 10.1. The van der Waals surface area contributed by atoms with Crippen LogP contribution in [0, 0.1) is 5.82 Å². The predicted octanol–water partition coefficient (Wildman–Crippen LogP) is 1.73. The molecule has 2 rings (SSSR count). The molecule has 15 heavy (non-hydrogen) atoms. The lowest BCUT2D eigenvalue weighted by Gasteiger charge is -1.98. The molecule has 2 aromatic rings. The molecule has 4 nitrogen and oxygen atoms in total. The molecule has 1 aromatic carbocycles. The maximum absolute atomic E-state index is 13.6. The molecular formula is C10H8FNO3. The first-order valence-electron chi connectivity index (χ1n) is 4.27. The van der Waals surface area contributed by atoms with Gasteiger partial charge in [0.15, 0.2) is 0 Å². The summed E-state index contributed by atoms with van der Waals surface area (Å²) in [6.07, 6.45) is 0. The molecule has 0 aliphatic heterocycles. The van der Waals surface area contributed by atoms with E-state index in [4.69, 9.17) is 15.3 Å². The minimum Gasteiger partial charge on any atom is -0.475 e. The minimum atomic E-state index is -1.22. The van der Waals surface area contributed by atoms with E-state index in [-0.39, 0.29) is 23.3 Å². The van der Waals surface area contributed by atoms with E-state index in [1.807, 2.05) is 0 Å². The summed E-state index contributed by atoms with van der Waals surface area (Å²) in [7, 11) is 0. The highest BCUT2D eigenvalue weighted by molar-refractivity contribution is 5.91. The number of aromatic carboxylic acids is 1. The Labute approximate surface area is 84.1 Å². The first-order valence-corrected chi connectivity index (χ1v) is 4.27. The molecule has 0 aliphatic carbocycles. The first-order chi connectivity index (χ1) is 7.13. The molecule has 1 heterocycles. The zero-order valence-electron chi connectivity index (χ0n) is 7.66. The number of carboxylic acids is 1. The van der Waals surface area contributed by atoms with E-state index in [1.165, 1.54) is 12.1 Å². The van der Waals surface area contributed by atoms with Gasteiger partial charge in [0, 0.05) is 18.2 Å². The number of carboxylic acid groups (broad SMARTS) is 1. The van der Waals surface area contributed by atoms with Gasteiger partial charge in [-0.05, 0) is 6.07 Å². The monoisotopic (exact) mass is 209 g/mol. The van der Waals surface area contributed by atoms with Crippen LogP contribution in [0.2, 0.25) is 0 Å². The number of hydrogen-bond acceptors (Lipinski definition) is 3. The Kier molecular flexibility index (Phi) is 2.17. The maximum Gasteiger partial charge on any atom is 0.371 e. The quantitative estimate of drug-likeness (QED) is 0.789. The molecule has 0 saturated carbocycles. The van der Waals surface area contributed by atoms with Crippen molar-refractivity contribution in [3.63, 3.8) is 0 Å². The third-order valence-electron chi connectivity index (χ3n) is 2.15. The number of fused-ring (bicyclic) bond motifs is 1. The van der Waals surface area contributed by atoms with Crippen LogP contribution in [0.25, 0.3) is 11.0 Å². The van der Waals surface area contributed by atoms with Crippen LogP contribution in [0.3, 0.4) is 0 Å². The van der Waals surface area contributed by atoms with Crippen molar-refractivity contribution in [3.8, 4) is 0 Å². The van der Waals surface area contributed by atoms with Crippen molar-refractivity contribution in [1.29, 1.82) is 0 Å². The normalized spacial score (nSPS) is 10.8. The Bertz CT molecular complexity index is 533. The Morgan fingerprint density at radius 3 is 2.87 bits per heavy atom. The second-order valence-electron chi connectivity index (χ2n) is 3.07. The van der Waals surface area contributed by atoms with Crippen LogP contribution in [-0.2, 0) is 6.54 Å². The predicted molar refractivity (Wildman–Crippen MR) is 51.0 cm³/mol. The largest absolute Gasteiger partial charge is 0.475 e. The van der Waals surface area contributed by atoms with Crippen LogP contribution in [0.1, 0.15) is 16.1 Å². The highest BCUT2D eigenvalue weighted by atomic mass is 19.1. The maximum atomic E-state index is 13.6. The second kappa shape index (κ2) is 3.36. The van der Waals surface area contributed by atoms with Gasteiger partial charge in [-0.1, -0.05) is 6.07 Å². The topological polar surface area (TPSA) is 76.5 Å². The lowest BCUT2D eigenvalue weighted by Crippen LogP contribution is -1.99. The molecule has 0 unspecified atom stereocenters. The Morgan fingerprint density at radius 2 is 2.27 bits per heavy atom. The van der Waals surface area contributed by atoms with Crippen molar-refractivity contribution in [2.45, 2.75) is 6.54 Å². The number of rotatable bonds is 2. The molecule has 78 valence electrons. The first kappa shape index (κ1) is 9.67. The van der Waals surface area contributed by atoms with Crippen LogP contribution in [0.4, 0.5) is 4.39 Å². The SMILES string of the molecule is NCc1ccc2oc(C(=O)O)cc2c1F. The van der Waals surface area contributed by atoms with Crippen LogP contribution >= 0.6 is 0 Å². The van der Waals surface area contributed by atoms with Crippen molar-refractivity contribution >= 4 is 16.9 Å². The van der Waals surface area contributed by atoms with Crippen LogP contribution in [0.5, 0.6) is 0 Å². The third-order valence-corrected chi connectivity index (χ3v) is 2.15. The molecule has 0 radical (unpaired) electrons. The van der Waals surface area contributed by atoms with Gasteiger partial charge in [0.2, 0.25) is 5.76 Å². The molecular weight excluding hydrogens is 201 g/mol. The number of hydrogen-bond donors (Lipinski definition) is 2. The zero-order chi connectivity index (χ0) is 11.0. The molecule has 3 N–H and O–H groups in total. The van der Waals surface area contributed by atoms with Gasteiger partial charge < -0.3 is 15.3 Å². The average molecular weight is 209 g/mol. The average Bonchev–Trinajstić information content (AvgIpc) is 2.63. The summed E-state index contributed by atoms with van der Waals surface area (Å²) in [5, 5.41) is 8.81. The number of carbonyl (C=O) groups is 1. The third kappa shape index (κ3) is 1.46. The van der Waals surface area contributed by atoms with Crippen molar-refractivity contribution in [2.75, 3.05) is 0 Å². The lowest BCUT2D eigenvalue weighted by molar-refractivity contribution is 0.0665. The summed E-state index contributed by atoms with van der Waals surface area (Å²) < 4.78 is 18.5. The summed E-state index contributed by atoms with van der Waals surface area (Å²) in [5.41, 5.74) is 5.87. The molecule has 0 saturated heterocycles. The van der Waals surface area contributed by atoms with Gasteiger partial charge in [-0.3, -0.25) is 0 Å². The fourth-order valence-electron chi connectivity index (χ4n) is 1.39. The molecule has 0 amide bonds. The van der Waals surface area contributed by atoms with Gasteiger partial charge >= 0.3 is 5.97 Å². The van der Waals surface area contributed by atoms with Crippen molar-refractivity contribution in [2.24, 2.45) is 5.73 Å². The van der Waals surface area contributed by atoms with E-state index in [2.05, 4.69) is 0 Å². The molecule has 0 atom stereocenters. The smallest absolute Gasteiger partial charge is 0.371 e. The number of halogens is 1. The van der Waals surface area contributed by atoms with Crippen LogP contribution in [0.15, 0.2) is 22.6 Å². The van der Waals surface area contributed by atoms with Gasteiger partial charge in [0.25, 0.3) is 0 Å². The van der Waals surface area contributed by atoms with Gasteiger partial charge in [-0.15, -0.1) is 0 Å². The Morgan fingerprint density at radius 1 is 1.53 bits per heavy atom. The summed E-state index contributed by atoms with van der Waals surface area (Å²) in [4.78, 5) is 10.6. The van der Waals surface area contributed by atoms with E-state index in [1.54, 1.807) is 0 Å². The molecule has 0 spiro atoms. The van der Waals surface area contributed by atoms with E-state index in [0.717, 1.165) is 6.07 Å². The zero-order valence-corrected chi connectivity index (χ0v) is 7.66. The van der Waals surface area contributed by atoms with Crippen LogP contribution in [-0.4, -0.2) is 11.1 Å². The van der Waals surface area contributed by atoms with E-state index < -0.39 is 11.8 Å². The number of nitrogens with two attached hydrogens (primary N) is 1. The molecule has 0 fully saturated rings. The van der Waals surface area contributed by atoms with E-state index in [9.17, 15) is 9.18 Å². The van der Waals surface area contributed by atoms with Gasteiger partial charge in [-0.25, -0.2) is 9.18 Å². The molecule has 5 heteroatoms.